The average Bonchev–Trinajstić information content (AvgIpc) is 2.76. The molecule has 0 saturated carbocycles. The van der Waals surface area contributed by atoms with Crippen LogP contribution in [0, 0.1) is 11.8 Å². The molecule has 0 aromatic heterocycles. The molecule has 0 aliphatic carbocycles. The predicted octanol–water partition coefficient (Wildman–Crippen LogP) is 6.44. The Labute approximate surface area is 198 Å². The Balaban J connectivity index is 0.000000181. The molecule has 0 spiro atoms. The second-order valence-electron chi connectivity index (χ2n) is 8.33. The van der Waals surface area contributed by atoms with E-state index in [0.717, 1.165) is 11.1 Å². The van der Waals surface area contributed by atoms with Crippen molar-refractivity contribution in [1.29, 1.82) is 0 Å². The van der Waals surface area contributed by atoms with E-state index in [1.165, 1.54) is 0 Å². The van der Waals surface area contributed by atoms with Crippen LogP contribution in [0.2, 0.25) is 0 Å². The summed E-state index contributed by atoms with van der Waals surface area (Å²) < 4.78 is 10.1. The van der Waals surface area contributed by atoms with Crippen molar-refractivity contribution in [3.63, 3.8) is 0 Å². The molecular weight excluding hydrogens is 447 g/mol. The molecule has 2 atom stereocenters. The van der Waals surface area contributed by atoms with Crippen molar-refractivity contribution in [2.24, 2.45) is 11.8 Å². The van der Waals surface area contributed by atoms with Crippen LogP contribution in [0.3, 0.4) is 0 Å². The number of cyclic esters (lactones) is 2. The smallest absolute Gasteiger partial charge is 0.339 e. The second-order valence-corrected chi connectivity index (χ2v) is 9.08. The molecule has 0 bridgehead atoms. The van der Waals surface area contributed by atoms with Gasteiger partial charge in [0.2, 0.25) is 0 Å². The minimum absolute atomic E-state index is 0.166. The molecule has 0 unspecified atom stereocenters. The fourth-order valence-electron chi connectivity index (χ4n) is 3.44. The molecule has 0 amide bonds. The third-order valence-electron chi connectivity index (χ3n) is 5.22. The van der Waals surface area contributed by atoms with Gasteiger partial charge in [-0.3, -0.25) is 0 Å². The van der Waals surface area contributed by atoms with E-state index >= 15 is 0 Å². The van der Waals surface area contributed by atoms with Crippen LogP contribution in [-0.4, -0.2) is 24.1 Å². The van der Waals surface area contributed by atoms with Crippen molar-refractivity contribution < 1.29 is 19.1 Å². The molecule has 2 aromatic carbocycles. The maximum Gasteiger partial charge on any atom is 0.339 e. The molecule has 2 aliphatic rings. The van der Waals surface area contributed by atoms with Gasteiger partial charge in [-0.25, -0.2) is 9.59 Å². The third-order valence-corrected chi connectivity index (χ3v) is 6.06. The highest BCUT2D eigenvalue weighted by Crippen LogP contribution is 2.37. The Kier molecular flexibility index (Phi) is 7.81. The summed E-state index contributed by atoms with van der Waals surface area (Å²) in [5.74, 6) is -0.0876. The molecular formula is C26H26Cl2O4. The third kappa shape index (κ3) is 5.08. The van der Waals surface area contributed by atoms with Crippen molar-refractivity contribution in [2.75, 3.05) is 0 Å². The van der Waals surface area contributed by atoms with Gasteiger partial charge in [0.25, 0.3) is 0 Å². The summed E-state index contributed by atoms with van der Waals surface area (Å²) in [5.41, 5.74) is 2.92. The zero-order valence-electron chi connectivity index (χ0n) is 18.5. The minimum Gasteiger partial charge on any atom is -0.453 e. The maximum atomic E-state index is 11.4. The predicted molar refractivity (Wildman–Crippen MR) is 128 cm³/mol. The fourth-order valence-corrected chi connectivity index (χ4v) is 4.06. The van der Waals surface area contributed by atoms with Crippen LogP contribution >= 0.6 is 23.2 Å². The lowest BCUT2D eigenvalue weighted by molar-refractivity contribution is -0.159. The Hall–Kier alpha value is -2.56. The SMILES string of the molecule is CC(C)[C@@H]1OC(=O)/C1=C(\Cl)c1ccccc1.CC(C)[C@H]1OC(=O)/C1=C(\Cl)c1ccccc1. The van der Waals surface area contributed by atoms with Gasteiger partial charge < -0.3 is 9.47 Å². The summed E-state index contributed by atoms with van der Waals surface area (Å²) in [5, 5.41) is 1.02. The normalized spacial score (nSPS) is 22.8. The maximum absolute atomic E-state index is 11.4. The number of ether oxygens (including phenoxy) is 2. The summed E-state index contributed by atoms with van der Waals surface area (Å²) in [6.45, 7) is 8.02. The van der Waals surface area contributed by atoms with Crippen LogP contribution in [0.4, 0.5) is 0 Å². The van der Waals surface area contributed by atoms with E-state index in [1.54, 1.807) is 0 Å². The molecule has 4 rings (SSSR count). The Morgan fingerprint density at radius 2 is 0.969 bits per heavy atom. The summed E-state index contributed by atoms with van der Waals surface area (Å²) in [7, 11) is 0. The van der Waals surface area contributed by atoms with Crippen LogP contribution in [-0.2, 0) is 19.1 Å². The Bertz CT molecular complexity index is 955. The standard InChI is InChI=1S/2C13H13ClO2/c2*1-8(2)12-10(13(15)16-12)11(14)9-6-4-3-5-7-9/h2*3-8,12H,1-2H3/b2*11-10-/t2*12-/m10/s1. The Morgan fingerprint density at radius 3 is 1.22 bits per heavy atom. The Morgan fingerprint density at radius 1 is 0.656 bits per heavy atom. The first-order valence-corrected chi connectivity index (χ1v) is 11.3. The molecule has 2 heterocycles. The van der Waals surface area contributed by atoms with Gasteiger partial charge >= 0.3 is 11.9 Å². The number of carbonyl (C=O) groups is 2. The van der Waals surface area contributed by atoms with E-state index < -0.39 is 0 Å². The van der Waals surface area contributed by atoms with Gasteiger partial charge in [0, 0.05) is 0 Å². The first-order valence-electron chi connectivity index (χ1n) is 10.5. The van der Waals surface area contributed by atoms with E-state index in [2.05, 4.69) is 0 Å². The number of hydrogen-bond acceptors (Lipinski definition) is 4. The highest BCUT2D eigenvalue weighted by atomic mass is 35.5. The average molecular weight is 473 g/mol. The lowest BCUT2D eigenvalue weighted by Gasteiger charge is -2.32. The van der Waals surface area contributed by atoms with Crippen LogP contribution in [0.25, 0.3) is 10.1 Å². The van der Waals surface area contributed by atoms with Gasteiger partial charge in [-0.15, -0.1) is 0 Å². The zero-order valence-corrected chi connectivity index (χ0v) is 20.0. The van der Waals surface area contributed by atoms with Crippen molar-refractivity contribution >= 4 is 45.2 Å². The molecule has 32 heavy (non-hydrogen) atoms. The van der Waals surface area contributed by atoms with Gasteiger partial charge in [0.1, 0.15) is 12.2 Å². The lowest BCUT2D eigenvalue weighted by Crippen LogP contribution is -2.40. The topological polar surface area (TPSA) is 52.6 Å². The number of hydrogen-bond donors (Lipinski definition) is 0. The monoisotopic (exact) mass is 472 g/mol. The van der Waals surface area contributed by atoms with Gasteiger partial charge in [-0.2, -0.15) is 0 Å². The minimum atomic E-state index is -0.299. The van der Waals surface area contributed by atoms with Gasteiger partial charge in [-0.05, 0) is 23.0 Å². The number of benzene rings is 2. The van der Waals surface area contributed by atoms with Gasteiger partial charge in [0.15, 0.2) is 0 Å². The fraction of sp³-hybridized carbons (Fsp3) is 0.308. The molecule has 0 radical (unpaired) electrons. The lowest BCUT2D eigenvalue weighted by atomic mass is 9.92. The van der Waals surface area contributed by atoms with E-state index in [4.69, 9.17) is 32.7 Å². The molecule has 168 valence electrons. The van der Waals surface area contributed by atoms with E-state index in [0.29, 0.717) is 21.2 Å². The largest absolute Gasteiger partial charge is 0.453 e. The van der Waals surface area contributed by atoms with Crippen molar-refractivity contribution in [3.05, 3.63) is 82.9 Å². The first kappa shape index (κ1) is 24.1. The molecule has 4 nitrogen and oxygen atoms in total. The molecule has 2 saturated heterocycles. The number of halogens is 2. The summed E-state index contributed by atoms with van der Waals surface area (Å²) in [4.78, 5) is 22.8. The highest BCUT2D eigenvalue weighted by molar-refractivity contribution is 6.51. The van der Waals surface area contributed by atoms with Crippen molar-refractivity contribution in [3.8, 4) is 0 Å². The number of esters is 2. The summed E-state index contributed by atoms with van der Waals surface area (Å²) in [6.07, 6.45) is -0.333. The van der Waals surface area contributed by atoms with Gasteiger partial charge in [0.05, 0.1) is 21.2 Å². The zero-order chi connectivity index (χ0) is 23.4. The van der Waals surface area contributed by atoms with Crippen LogP contribution < -0.4 is 0 Å². The van der Waals surface area contributed by atoms with Crippen molar-refractivity contribution in [2.45, 2.75) is 39.9 Å². The summed E-state index contributed by atoms with van der Waals surface area (Å²) >= 11 is 12.4. The van der Waals surface area contributed by atoms with Gasteiger partial charge in [-0.1, -0.05) is 112 Å². The molecule has 2 aromatic rings. The molecule has 2 aliphatic heterocycles. The highest BCUT2D eigenvalue weighted by Gasteiger charge is 2.41. The number of rotatable bonds is 4. The molecule has 2 fully saturated rings. The molecule has 0 N–H and O–H groups in total. The van der Waals surface area contributed by atoms with E-state index in [1.807, 2.05) is 88.4 Å². The number of carbonyl (C=O) groups excluding carboxylic acids is 2. The molecule has 6 heteroatoms. The van der Waals surface area contributed by atoms with Crippen LogP contribution in [0.5, 0.6) is 0 Å². The van der Waals surface area contributed by atoms with E-state index in [9.17, 15) is 9.59 Å². The van der Waals surface area contributed by atoms with Crippen LogP contribution in [0.15, 0.2) is 71.8 Å². The van der Waals surface area contributed by atoms with Crippen LogP contribution in [0.1, 0.15) is 38.8 Å². The van der Waals surface area contributed by atoms with Crippen molar-refractivity contribution in [1.82, 2.24) is 0 Å². The summed E-state index contributed by atoms with van der Waals surface area (Å²) in [6, 6.07) is 19.0. The quantitative estimate of drug-likeness (QED) is 0.379. The van der Waals surface area contributed by atoms with E-state index in [-0.39, 0.29) is 36.0 Å². The second kappa shape index (κ2) is 10.4. The first-order chi connectivity index (χ1) is 15.2.